The molecule has 0 aromatic carbocycles. The molecule has 0 aliphatic rings. The molecule has 0 bridgehead atoms. The van der Waals surface area contributed by atoms with Gasteiger partial charge in [-0.3, -0.25) is 0 Å². The first-order valence-corrected chi connectivity index (χ1v) is 5.59. The third-order valence-electron chi connectivity index (χ3n) is 2.14. The number of ether oxygens (including phenoxy) is 2. The summed E-state index contributed by atoms with van der Waals surface area (Å²) < 4.78 is 7.19. The molecule has 4 atom stereocenters. The van der Waals surface area contributed by atoms with E-state index in [1.54, 1.807) is 0 Å². The molecule has 18 heteroatoms. The van der Waals surface area contributed by atoms with Crippen LogP contribution in [0.3, 0.4) is 0 Å². The molecule has 0 aromatic heterocycles. The van der Waals surface area contributed by atoms with Gasteiger partial charge in [0, 0.05) is 0 Å². The Labute approximate surface area is 285 Å². The van der Waals surface area contributed by atoms with E-state index in [0.717, 1.165) is 0 Å². The average molecular weight is 482 g/mol. The molecule has 0 rings (SSSR count). The van der Waals surface area contributed by atoms with E-state index < -0.39 is 60.2 Å². The molecule has 0 aromatic rings. The molecule has 0 spiro atoms. The quantitative estimate of drug-likeness (QED) is 0.0891. The van der Waals surface area contributed by atoms with Gasteiger partial charge in [-0.05, 0) is 0 Å². The Hall–Kier alpha value is 2.33. The molecule has 4 unspecified atom stereocenters. The Bertz CT molecular complexity index is 534. The van der Waals surface area contributed by atoms with E-state index in [2.05, 4.69) is 9.47 Å². The average Bonchev–Trinajstić information content (AvgIpc) is 2.50. The number of hydrogen-bond acceptors (Lipinski definition) is 12. The van der Waals surface area contributed by atoms with Crippen LogP contribution in [0.1, 0.15) is 0 Å². The van der Waals surface area contributed by atoms with Gasteiger partial charge in [-0.25, -0.2) is 28.8 Å². The number of aliphatic carboxylic acids is 2. The third-order valence-corrected chi connectivity index (χ3v) is 2.14. The molecule has 142 valence electrons. The van der Waals surface area contributed by atoms with Crippen molar-refractivity contribution in [3.05, 3.63) is 0 Å². The van der Waals surface area contributed by atoms with E-state index in [1.165, 1.54) is 0 Å². The first-order valence-electron chi connectivity index (χ1n) is 5.59. The van der Waals surface area contributed by atoms with E-state index in [1.807, 2.05) is 0 Å². The molecule has 28 heavy (non-hydrogen) atoms. The minimum absolute atomic E-state index is 0. The number of esters is 4. The first kappa shape index (κ1) is 40.7. The van der Waals surface area contributed by atoms with Crippen LogP contribution >= 0.6 is 0 Å². The van der Waals surface area contributed by atoms with Crippen LogP contribution in [0.5, 0.6) is 0 Å². The topological polar surface area (TPSA) is 242 Å². The summed E-state index contributed by atoms with van der Waals surface area (Å²) in [6.45, 7) is 0. The number of carbonyl (C=O) groups is 6. The Morgan fingerprint density at radius 3 is 0.929 bits per heavy atom. The zero-order valence-corrected chi connectivity index (χ0v) is 11.3. The van der Waals surface area contributed by atoms with Gasteiger partial charge in [0.05, 0.1) is 0 Å². The monoisotopic (exact) mass is 482 g/mol. The second-order valence-electron chi connectivity index (χ2n) is 3.87. The normalized spacial score (nSPS) is 13.1. The Morgan fingerprint density at radius 2 is 0.750 bits per heavy atom. The number of carbonyl (C=O) groups excluding carboxylic acids is 4. The van der Waals surface area contributed by atoms with E-state index in [4.69, 9.17) is 30.6 Å². The SMILES string of the molecule is O=C(OC(=O)C(O)C(O)C(=O)O)C(=O)OC(=O)C(O)C(O)C(=O)O.[KH].[KH].[NaH].[NaH]. The van der Waals surface area contributed by atoms with E-state index in [9.17, 15) is 28.8 Å². The molecule has 0 fully saturated rings. The molecule has 0 saturated carbocycles. The van der Waals surface area contributed by atoms with Crippen molar-refractivity contribution in [2.45, 2.75) is 24.4 Å². The second kappa shape index (κ2) is 20.0. The Balaban J connectivity index is -0.000000441. The Kier molecular flexibility index (Phi) is 29.0. The van der Waals surface area contributed by atoms with Crippen molar-refractivity contribution in [1.82, 2.24) is 0 Å². The van der Waals surface area contributed by atoms with Crippen LogP contribution in [0.15, 0.2) is 0 Å². The van der Waals surface area contributed by atoms with Gasteiger partial charge in [0.2, 0.25) is 0 Å². The van der Waals surface area contributed by atoms with Crippen LogP contribution in [0.2, 0.25) is 0 Å². The molecule has 0 radical (unpaired) electrons. The van der Waals surface area contributed by atoms with Gasteiger partial charge < -0.3 is 40.1 Å². The minimum atomic E-state index is -2.76. The number of carboxylic acids is 2. The van der Waals surface area contributed by atoms with Gasteiger partial charge in [0.15, 0.2) is 24.4 Å². The van der Waals surface area contributed by atoms with Gasteiger partial charge in [-0.2, -0.15) is 0 Å². The molecule has 14 nitrogen and oxygen atoms in total. The summed E-state index contributed by atoms with van der Waals surface area (Å²) in [5, 5.41) is 52.1. The van der Waals surface area contributed by atoms with Crippen LogP contribution in [0, 0.1) is 0 Å². The molecule has 0 saturated heterocycles. The van der Waals surface area contributed by atoms with Crippen LogP contribution in [-0.4, -0.2) is 253 Å². The molecule has 6 N–H and O–H groups in total. The third kappa shape index (κ3) is 14.4. The fourth-order valence-corrected chi connectivity index (χ4v) is 0.915. The predicted molar refractivity (Wildman–Crippen MR) is 90.1 cm³/mol. The van der Waals surface area contributed by atoms with E-state index >= 15 is 0 Å². The van der Waals surface area contributed by atoms with E-state index in [0.29, 0.717) is 0 Å². The molecular formula is C10H14K2Na2O14. The van der Waals surface area contributed by atoms with Crippen LogP contribution < -0.4 is 0 Å². The number of hydrogen-bond donors (Lipinski definition) is 6. The number of rotatable bonds is 6. The summed E-state index contributed by atoms with van der Waals surface area (Å²) in [6, 6.07) is 0. The number of carboxylic acid groups (broad SMARTS) is 2. The Morgan fingerprint density at radius 1 is 0.536 bits per heavy atom. The van der Waals surface area contributed by atoms with Gasteiger partial charge in [0.1, 0.15) is 0 Å². The van der Waals surface area contributed by atoms with Crippen molar-refractivity contribution in [1.29, 1.82) is 0 Å². The maximum absolute atomic E-state index is 11.0. The summed E-state index contributed by atoms with van der Waals surface area (Å²) in [5.41, 5.74) is 0. The molecular weight excluding hydrogens is 468 g/mol. The number of aliphatic hydroxyl groups is 4. The summed E-state index contributed by atoms with van der Waals surface area (Å²) in [5.74, 6) is -12.8. The second-order valence-corrected chi connectivity index (χ2v) is 3.87. The summed E-state index contributed by atoms with van der Waals surface area (Å²) in [6.07, 6.45) is -10.9. The van der Waals surface area contributed by atoms with Crippen molar-refractivity contribution in [3.63, 3.8) is 0 Å². The van der Waals surface area contributed by atoms with Gasteiger partial charge >= 0.3 is 198 Å². The summed E-state index contributed by atoms with van der Waals surface area (Å²) in [4.78, 5) is 64.7. The fraction of sp³-hybridized carbons (Fsp3) is 0.400. The first-order chi connectivity index (χ1) is 10.9. The van der Waals surface area contributed by atoms with Crippen molar-refractivity contribution >= 4 is 198 Å². The van der Waals surface area contributed by atoms with Gasteiger partial charge in [-0.1, -0.05) is 0 Å². The maximum atomic E-state index is 11.0. The van der Waals surface area contributed by atoms with Crippen LogP contribution in [-0.2, 0) is 38.2 Å². The van der Waals surface area contributed by atoms with Crippen LogP contribution in [0.4, 0.5) is 0 Å². The van der Waals surface area contributed by atoms with Crippen molar-refractivity contribution in [2.75, 3.05) is 0 Å². The predicted octanol–water partition coefficient (Wildman–Crippen LogP) is -7.86. The number of aliphatic hydroxyl groups excluding tert-OH is 4. The molecule has 0 aliphatic heterocycles. The van der Waals surface area contributed by atoms with Crippen molar-refractivity contribution in [2.24, 2.45) is 0 Å². The van der Waals surface area contributed by atoms with Gasteiger partial charge in [-0.15, -0.1) is 0 Å². The fourth-order valence-electron chi connectivity index (χ4n) is 0.915. The zero-order valence-electron chi connectivity index (χ0n) is 11.3. The standard InChI is InChI=1S/C10H10O14.2K.2Na.4H/c11-1(5(15)16)3(13)7(19)23-9(21)10(22)24-8(20)4(14)2(12)6(17)18;;;;;;;;/h1-4,11-14H,(H,15,16)(H,17,18);;;;;;;;. The summed E-state index contributed by atoms with van der Waals surface area (Å²) >= 11 is 0. The van der Waals surface area contributed by atoms with E-state index in [-0.39, 0.29) is 162 Å². The zero-order chi connectivity index (χ0) is 19.2. The van der Waals surface area contributed by atoms with Crippen molar-refractivity contribution in [3.8, 4) is 0 Å². The molecule has 0 aliphatic carbocycles. The summed E-state index contributed by atoms with van der Waals surface area (Å²) in [7, 11) is 0. The van der Waals surface area contributed by atoms with Crippen LogP contribution in [0.25, 0.3) is 0 Å². The van der Waals surface area contributed by atoms with Gasteiger partial charge in [0.25, 0.3) is 0 Å². The molecule has 0 heterocycles. The van der Waals surface area contributed by atoms with Crippen molar-refractivity contribution < 1.29 is 68.9 Å². The molecule has 0 amide bonds.